The number of carboxylic acids is 1. The highest BCUT2D eigenvalue weighted by Gasteiger charge is 2.31. The average Bonchev–Trinajstić information content (AvgIpc) is 1.90. The van der Waals surface area contributed by atoms with E-state index in [1.54, 1.807) is 0 Å². The standard InChI is InChI=1S/C10H19NO3/c1-10(2,3)14-5-4-11-6-8(7-11)9(12)13/h8H,4-7H2,1-3H3,(H,12,13). The molecule has 1 aliphatic rings. The first-order chi connectivity index (χ1) is 6.38. The van der Waals surface area contributed by atoms with E-state index in [2.05, 4.69) is 4.90 Å². The van der Waals surface area contributed by atoms with Gasteiger partial charge in [0.05, 0.1) is 18.1 Å². The maximum absolute atomic E-state index is 10.5. The molecule has 4 heteroatoms. The number of ether oxygens (including phenoxy) is 1. The van der Waals surface area contributed by atoms with E-state index in [-0.39, 0.29) is 11.5 Å². The van der Waals surface area contributed by atoms with E-state index in [1.807, 2.05) is 20.8 Å². The smallest absolute Gasteiger partial charge is 0.309 e. The Kier molecular flexibility index (Phi) is 3.50. The van der Waals surface area contributed by atoms with E-state index in [0.29, 0.717) is 19.7 Å². The highest BCUT2D eigenvalue weighted by molar-refractivity contribution is 5.71. The lowest BCUT2D eigenvalue weighted by molar-refractivity contribution is -0.148. The monoisotopic (exact) mass is 201 g/mol. The molecule has 0 atom stereocenters. The lowest BCUT2D eigenvalue weighted by atomic mass is 10.0. The second-order valence-corrected chi connectivity index (χ2v) is 4.76. The molecular weight excluding hydrogens is 182 g/mol. The van der Waals surface area contributed by atoms with E-state index < -0.39 is 5.97 Å². The van der Waals surface area contributed by atoms with Crippen molar-refractivity contribution in [3.63, 3.8) is 0 Å². The van der Waals surface area contributed by atoms with Gasteiger partial charge in [-0.3, -0.25) is 9.69 Å². The summed E-state index contributed by atoms with van der Waals surface area (Å²) < 4.78 is 5.54. The topological polar surface area (TPSA) is 49.8 Å². The summed E-state index contributed by atoms with van der Waals surface area (Å²) in [6.45, 7) is 8.90. The molecule has 1 saturated heterocycles. The average molecular weight is 201 g/mol. The van der Waals surface area contributed by atoms with Crippen molar-refractivity contribution in [1.82, 2.24) is 4.90 Å². The number of likely N-dealkylation sites (tertiary alicyclic amines) is 1. The molecule has 1 aliphatic heterocycles. The summed E-state index contributed by atoms with van der Waals surface area (Å²) >= 11 is 0. The third-order valence-electron chi connectivity index (χ3n) is 2.25. The van der Waals surface area contributed by atoms with Gasteiger partial charge in [-0.2, -0.15) is 0 Å². The van der Waals surface area contributed by atoms with Gasteiger partial charge in [0.25, 0.3) is 0 Å². The van der Waals surface area contributed by atoms with Crippen LogP contribution >= 0.6 is 0 Å². The Morgan fingerprint density at radius 3 is 2.50 bits per heavy atom. The lowest BCUT2D eigenvalue weighted by Crippen LogP contribution is -2.51. The number of hydrogen-bond acceptors (Lipinski definition) is 3. The largest absolute Gasteiger partial charge is 0.481 e. The molecule has 1 heterocycles. The van der Waals surface area contributed by atoms with Crippen LogP contribution in [-0.4, -0.2) is 47.8 Å². The minimum Gasteiger partial charge on any atom is -0.481 e. The quantitative estimate of drug-likeness (QED) is 0.731. The minimum atomic E-state index is -0.682. The van der Waals surface area contributed by atoms with Gasteiger partial charge in [0.1, 0.15) is 0 Å². The molecule has 1 rings (SSSR count). The third kappa shape index (κ3) is 3.64. The number of nitrogens with zero attached hydrogens (tertiary/aromatic N) is 1. The van der Waals surface area contributed by atoms with Crippen molar-refractivity contribution in [2.24, 2.45) is 5.92 Å². The van der Waals surface area contributed by atoms with Crippen LogP contribution in [0.15, 0.2) is 0 Å². The summed E-state index contributed by atoms with van der Waals surface area (Å²) in [6.07, 6.45) is 0. The normalized spacial score (nSPS) is 19.4. The van der Waals surface area contributed by atoms with Crippen molar-refractivity contribution >= 4 is 5.97 Å². The van der Waals surface area contributed by atoms with Crippen molar-refractivity contribution in [3.8, 4) is 0 Å². The summed E-state index contributed by atoms with van der Waals surface area (Å²) in [4.78, 5) is 12.6. The summed E-state index contributed by atoms with van der Waals surface area (Å²) in [6, 6.07) is 0. The van der Waals surface area contributed by atoms with E-state index in [0.717, 1.165) is 6.54 Å². The molecule has 1 fully saturated rings. The Hall–Kier alpha value is -0.610. The molecule has 0 radical (unpaired) electrons. The predicted octanol–water partition coefficient (Wildman–Crippen LogP) is 0.818. The van der Waals surface area contributed by atoms with Crippen LogP contribution in [0.5, 0.6) is 0 Å². The van der Waals surface area contributed by atoms with Crippen LogP contribution in [-0.2, 0) is 9.53 Å². The fourth-order valence-electron chi connectivity index (χ4n) is 1.39. The number of carboxylic acid groups (broad SMARTS) is 1. The van der Waals surface area contributed by atoms with Gasteiger partial charge in [0.15, 0.2) is 0 Å². The molecular formula is C10H19NO3. The Balaban J connectivity index is 2.04. The summed E-state index contributed by atoms with van der Waals surface area (Å²) in [5.74, 6) is -0.845. The van der Waals surface area contributed by atoms with Crippen molar-refractivity contribution in [3.05, 3.63) is 0 Å². The molecule has 0 saturated carbocycles. The van der Waals surface area contributed by atoms with Gasteiger partial charge in [0.2, 0.25) is 0 Å². The van der Waals surface area contributed by atoms with Gasteiger partial charge in [-0.1, -0.05) is 0 Å². The number of rotatable bonds is 4. The second-order valence-electron chi connectivity index (χ2n) is 4.76. The summed E-state index contributed by atoms with van der Waals surface area (Å²) in [7, 11) is 0. The van der Waals surface area contributed by atoms with Gasteiger partial charge in [0, 0.05) is 19.6 Å². The zero-order valence-corrected chi connectivity index (χ0v) is 9.12. The number of carbonyl (C=O) groups is 1. The van der Waals surface area contributed by atoms with Crippen molar-refractivity contribution < 1.29 is 14.6 Å². The van der Waals surface area contributed by atoms with Crippen LogP contribution in [0.4, 0.5) is 0 Å². The first-order valence-corrected chi connectivity index (χ1v) is 4.97. The highest BCUT2D eigenvalue weighted by Crippen LogP contribution is 2.15. The SMILES string of the molecule is CC(C)(C)OCCN1CC(C(=O)O)C1. The molecule has 0 bridgehead atoms. The molecule has 0 unspecified atom stereocenters. The minimum absolute atomic E-state index is 0.100. The zero-order chi connectivity index (χ0) is 10.8. The van der Waals surface area contributed by atoms with E-state index in [4.69, 9.17) is 9.84 Å². The molecule has 4 nitrogen and oxygen atoms in total. The fourth-order valence-corrected chi connectivity index (χ4v) is 1.39. The molecule has 0 aromatic rings. The van der Waals surface area contributed by atoms with E-state index in [9.17, 15) is 4.79 Å². The Morgan fingerprint density at radius 2 is 2.07 bits per heavy atom. The van der Waals surface area contributed by atoms with Crippen LogP contribution in [0.3, 0.4) is 0 Å². The lowest BCUT2D eigenvalue weighted by Gasteiger charge is -2.37. The van der Waals surface area contributed by atoms with Crippen LogP contribution in [0, 0.1) is 5.92 Å². The van der Waals surface area contributed by atoms with E-state index >= 15 is 0 Å². The Bertz CT molecular complexity index is 204. The van der Waals surface area contributed by atoms with Gasteiger partial charge >= 0.3 is 5.97 Å². The van der Waals surface area contributed by atoms with Crippen LogP contribution in [0.2, 0.25) is 0 Å². The Morgan fingerprint density at radius 1 is 1.50 bits per heavy atom. The van der Waals surface area contributed by atoms with Crippen molar-refractivity contribution in [2.45, 2.75) is 26.4 Å². The van der Waals surface area contributed by atoms with Crippen molar-refractivity contribution in [2.75, 3.05) is 26.2 Å². The summed E-state index contributed by atoms with van der Waals surface area (Å²) in [5, 5.41) is 8.65. The highest BCUT2D eigenvalue weighted by atomic mass is 16.5. The summed E-state index contributed by atoms with van der Waals surface area (Å²) in [5.41, 5.74) is -0.100. The zero-order valence-electron chi connectivity index (χ0n) is 9.12. The molecule has 0 aliphatic carbocycles. The van der Waals surface area contributed by atoms with Gasteiger partial charge in [-0.05, 0) is 20.8 Å². The maximum Gasteiger partial charge on any atom is 0.309 e. The van der Waals surface area contributed by atoms with Crippen LogP contribution in [0.25, 0.3) is 0 Å². The van der Waals surface area contributed by atoms with Crippen molar-refractivity contribution in [1.29, 1.82) is 0 Å². The third-order valence-corrected chi connectivity index (χ3v) is 2.25. The molecule has 0 aromatic heterocycles. The first kappa shape index (κ1) is 11.5. The number of aliphatic carboxylic acids is 1. The maximum atomic E-state index is 10.5. The molecule has 0 aromatic carbocycles. The molecule has 14 heavy (non-hydrogen) atoms. The number of hydrogen-bond donors (Lipinski definition) is 1. The Labute approximate surface area is 84.8 Å². The fraction of sp³-hybridized carbons (Fsp3) is 0.900. The van der Waals surface area contributed by atoms with Gasteiger partial charge in [-0.25, -0.2) is 0 Å². The molecule has 0 amide bonds. The van der Waals surface area contributed by atoms with E-state index in [1.165, 1.54) is 0 Å². The predicted molar refractivity (Wildman–Crippen MR) is 53.3 cm³/mol. The van der Waals surface area contributed by atoms with Gasteiger partial charge in [-0.15, -0.1) is 0 Å². The van der Waals surface area contributed by atoms with Gasteiger partial charge < -0.3 is 9.84 Å². The second kappa shape index (κ2) is 4.28. The van der Waals surface area contributed by atoms with Crippen LogP contribution < -0.4 is 0 Å². The molecule has 0 spiro atoms. The van der Waals surface area contributed by atoms with Crippen LogP contribution in [0.1, 0.15) is 20.8 Å². The molecule has 82 valence electrons. The molecule has 1 N–H and O–H groups in total. The first-order valence-electron chi connectivity index (χ1n) is 4.97.